The van der Waals surface area contributed by atoms with E-state index in [-0.39, 0.29) is 6.09 Å². The van der Waals surface area contributed by atoms with E-state index >= 15 is 0 Å². The lowest BCUT2D eigenvalue weighted by Crippen LogP contribution is -2.25. The van der Waals surface area contributed by atoms with Crippen LogP contribution < -0.4 is 4.57 Å². The SMILES string of the molecule is CCCOC(=O)n1cc[n+](C)c1. The van der Waals surface area contributed by atoms with Gasteiger partial charge in [-0.15, -0.1) is 4.57 Å². The molecule has 4 heteroatoms. The van der Waals surface area contributed by atoms with Crippen molar-refractivity contribution < 1.29 is 14.1 Å². The number of hydrogen-bond acceptors (Lipinski definition) is 2. The highest BCUT2D eigenvalue weighted by atomic mass is 16.5. The molecule has 0 aliphatic heterocycles. The van der Waals surface area contributed by atoms with Gasteiger partial charge in [-0.05, 0) is 6.42 Å². The number of imidazole rings is 1. The third kappa shape index (κ3) is 2.08. The van der Waals surface area contributed by atoms with E-state index in [1.807, 2.05) is 14.0 Å². The molecule has 0 atom stereocenters. The molecule has 0 spiro atoms. The van der Waals surface area contributed by atoms with E-state index in [1.54, 1.807) is 23.3 Å². The fourth-order valence-electron chi connectivity index (χ4n) is 0.822. The second-order valence-corrected chi connectivity index (χ2v) is 2.60. The highest BCUT2D eigenvalue weighted by Gasteiger charge is 2.11. The molecule has 0 radical (unpaired) electrons. The number of rotatable bonds is 2. The minimum atomic E-state index is -0.322. The van der Waals surface area contributed by atoms with Crippen molar-refractivity contribution in [1.29, 1.82) is 0 Å². The minimum absolute atomic E-state index is 0.322. The first-order valence-corrected chi connectivity index (χ1v) is 3.94. The summed E-state index contributed by atoms with van der Waals surface area (Å²) in [7, 11) is 1.85. The Morgan fingerprint density at radius 3 is 2.92 bits per heavy atom. The summed E-state index contributed by atoms with van der Waals surface area (Å²) in [4.78, 5) is 11.1. The van der Waals surface area contributed by atoms with E-state index in [0.717, 1.165) is 6.42 Å². The van der Waals surface area contributed by atoms with Crippen molar-refractivity contribution in [2.24, 2.45) is 7.05 Å². The molecule has 0 amide bonds. The number of hydrogen-bond donors (Lipinski definition) is 0. The summed E-state index contributed by atoms with van der Waals surface area (Å²) < 4.78 is 8.10. The molecular weight excluding hydrogens is 156 g/mol. The van der Waals surface area contributed by atoms with Gasteiger partial charge in [0.05, 0.1) is 13.7 Å². The highest BCUT2D eigenvalue weighted by molar-refractivity contribution is 5.69. The molecule has 0 aliphatic carbocycles. The normalized spacial score (nSPS) is 9.83. The molecule has 0 N–H and O–H groups in total. The summed E-state index contributed by atoms with van der Waals surface area (Å²) in [6, 6.07) is 0. The van der Waals surface area contributed by atoms with Crippen LogP contribution in [0, 0.1) is 0 Å². The molecule has 1 aromatic rings. The maximum atomic E-state index is 11.1. The van der Waals surface area contributed by atoms with Crippen molar-refractivity contribution in [2.45, 2.75) is 13.3 Å². The average Bonchev–Trinajstić information content (AvgIpc) is 2.47. The van der Waals surface area contributed by atoms with Gasteiger partial charge < -0.3 is 4.74 Å². The molecule has 0 saturated heterocycles. The van der Waals surface area contributed by atoms with Gasteiger partial charge in [-0.2, -0.15) is 4.79 Å². The Bertz CT molecular complexity index is 268. The van der Waals surface area contributed by atoms with Crippen LogP contribution in [0.25, 0.3) is 0 Å². The Balaban J connectivity index is 2.53. The topological polar surface area (TPSA) is 35.1 Å². The monoisotopic (exact) mass is 169 g/mol. The lowest BCUT2D eigenvalue weighted by atomic mass is 10.5. The van der Waals surface area contributed by atoms with Crippen molar-refractivity contribution in [3.63, 3.8) is 0 Å². The maximum Gasteiger partial charge on any atom is 0.511 e. The molecule has 1 aromatic heterocycles. The lowest BCUT2D eigenvalue weighted by Gasteiger charge is -1.96. The molecule has 66 valence electrons. The highest BCUT2D eigenvalue weighted by Crippen LogP contribution is 1.89. The number of aryl methyl sites for hydroxylation is 1. The van der Waals surface area contributed by atoms with E-state index < -0.39 is 0 Å². The number of carbonyl (C=O) groups excluding carboxylic acids is 1. The number of ether oxygens (including phenoxy) is 1. The standard InChI is InChI=1S/C8H13N2O2/c1-3-6-12-8(11)10-5-4-9(2)7-10/h4-5,7H,3,6H2,1-2H3/q+1. The van der Waals surface area contributed by atoms with Crippen LogP contribution in [-0.2, 0) is 11.8 Å². The molecule has 1 heterocycles. The fraction of sp³-hybridized carbons (Fsp3) is 0.500. The van der Waals surface area contributed by atoms with Gasteiger partial charge in [0.15, 0.2) is 0 Å². The van der Waals surface area contributed by atoms with Gasteiger partial charge in [-0.1, -0.05) is 6.92 Å². The molecule has 0 aliphatic rings. The largest absolute Gasteiger partial charge is 0.511 e. The molecule has 0 bridgehead atoms. The Morgan fingerprint density at radius 1 is 1.67 bits per heavy atom. The number of carbonyl (C=O) groups is 1. The first-order valence-electron chi connectivity index (χ1n) is 3.94. The summed E-state index contributed by atoms with van der Waals surface area (Å²) in [5.74, 6) is 0. The maximum absolute atomic E-state index is 11.1. The van der Waals surface area contributed by atoms with E-state index in [0.29, 0.717) is 6.61 Å². The quantitative estimate of drug-likeness (QED) is 0.611. The second kappa shape index (κ2) is 3.90. The van der Waals surface area contributed by atoms with E-state index in [9.17, 15) is 4.79 Å². The van der Waals surface area contributed by atoms with Crippen LogP contribution in [0.15, 0.2) is 18.7 Å². The van der Waals surface area contributed by atoms with Gasteiger partial charge in [-0.25, -0.2) is 4.57 Å². The first kappa shape index (κ1) is 8.77. The number of nitrogens with zero attached hydrogens (tertiary/aromatic N) is 2. The van der Waals surface area contributed by atoms with E-state index in [1.165, 1.54) is 4.57 Å². The van der Waals surface area contributed by atoms with Crippen LogP contribution in [-0.4, -0.2) is 17.3 Å². The molecule has 12 heavy (non-hydrogen) atoms. The van der Waals surface area contributed by atoms with Crippen molar-refractivity contribution in [2.75, 3.05) is 6.61 Å². The molecule has 0 aromatic carbocycles. The molecule has 0 fully saturated rings. The molecular formula is C8H13N2O2+. The smallest absolute Gasteiger partial charge is 0.431 e. The zero-order valence-corrected chi connectivity index (χ0v) is 7.36. The van der Waals surface area contributed by atoms with Crippen LogP contribution in [0.1, 0.15) is 13.3 Å². The molecule has 4 nitrogen and oxygen atoms in total. The van der Waals surface area contributed by atoms with Gasteiger partial charge in [0.25, 0.3) is 6.33 Å². The summed E-state index contributed by atoms with van der Waals surface area (Å²) in [6.45, 7) is 2.43. The third-order valence-corrected chi connectivity index (χ3v) is 1.41. The van der Waals surface area contributed by atoms with Gasteiger partial charge in [0.2, 0.25) is 0 Å². The number of aromatic nitrogens is 2. The average molecular weight is 169 g/mol. The predicted molar refractivity (Wildman–Crippen MR) is 42.6 cm³/mol. The van der Waals surface area contributed by atoms with Crippen LogP contribution in [0.5, 0.6) is 0 Å². The molecule has 1 rings (SSSR count). The van der Waals surface area contributed by atoms with Crippen molar-refractivity contribution in [3.05, 3.63) is 18.7 Å². The van der Waals surface area contributed by atoms with Crippen LogP contribution in [0.2, 0.25) is 0 Å². The van der Waals surface area contributed by atoms with Crippen LogP contribution >= 0.6 is 0 Å². The summed E-state index contributed by atoms with van der Waals surface area (Å²) in [6.07, 6.45) is 5.64. The zero-order valence-electron chi connectivity index (χ0n) is 7.36. The van der Waals surface area contributed by atoms with Crippen molar-refractivity contribution >= 4 is 6.09 Å². The third-order valence-electron chi connectivity index (χ3n) is 1.41. The van der Waals surface area contributed by atoms with Crippen LogP contribution in [0.4, 0.5) is 4.79 Å². The Morgan fingerprint density at radius 2 is 2.42 bits per heavy atom. The van der Waals surface area contributed by atoms with Gasteiger partial charge in [0, 0.05) is 0 Å². The van der Waals surface area contributed by atoms with Gasteiger partial charge in [0.1, 0.15) is 12.4 Å². The lowest BCUT2D eigenvalue weighted by molar-refractivity contribution is -0.670. The van der Waals surface area contributed by atoms with Crippen LogP contribution in [0.3, 0.4) is 0 Å². The minimum Gasteiger partial charge on any atom is -0.431 e. The Labute approximate surface area is 71.4 Å². The summed E-state index contributed by atoms with van der Waals surface area (Å²) in [5.41, 5.74) is 0. The second-order valence-electron chi connectivity index (χ2n) is 2.60. The molecule has 0 unspecified atom stereocenters. The Hall–Kier alpha value is -1.32. The fourth-order valence-corrected chi connectivity index (χ4v) is 0.822. The Kier molecular flexibility index (Phi) is 2.85. The van der Waals surface area contributed by atoms with Crippen molar-refractivity contribution in [3.8, 4) is 0 Å². The molecule has 0 saturated carbocycles. The van der Waals surface area contributed by atoms with Crippen molar-refractivity contribution in [1.82, 2.24) is 4.57 Å². The summed E-state index contributed by atoms with van der Waals surface area (Å²) >= 11 is 0. The van der Waals surface area contributed by atoms with E-state index in [4.69, 9.17) is 4.74 Å². The predicted octanol–water partition coefficient (Wildman–Crippen LogP) is 0.707. The van der Waals surface area contributed by atoms with E-state index in [2.05, 4.69) is 0 Å². The summed E-state index contributed by atoms with van der Waals surface area (Å²) in [5, 5.41) is 0. The van der Waals surface area contributed by atoms with Gasteiger partial charge >= 0.3 is 6.09 Å². The first-order chi connectivity index (χ1) is 5.74. The van der Waals surface area contributed by atoms with Gasteiger partial charge in [-0.3, -0.25) is 0 Å². The zero-order chi connectivity index (χ0) is 8.97.